The van der Waals surface area contributed by atoms with Gasteiger partial charge >= 0.3 is 0 Å². The van der Waals surface area contributed by atoms with Gasteiger partial charge in [-0.05, 0) is 50.1 Å². The summed E-state index contributed by atoms with van der Waals surface area (Å²) >= 11 is 0. The molecule has 0 aliphatic carbocycles. The van der Waals surface area contributed by atoms with E-state index in [0.717, 1.165) is 60.1 Å². The average molecular weight is 358 g/mol. The molecule has 5 nitrogen and oxygen atoms in total. The summed E-state index contributed by atoms with van der Waals surface area (Å²) in [6.45, 7) is 1.88. The monoisotopic (exact) mass is 358 g/mol. The topological polar surface area (TPSA) is 58.1 Å². The minimum absolute atomic E-state index is 0.139. The lowest BCUT2D eigenvalue weighted by molar-refractivity contribution is 0.0682. The van der Waals surface area contributed by atoms with Gasteiger partial charge in [0.2, 0.25) is 0 Å². The second-order valence-corrected chi connectivity index (χ2v) is 7.40. The van der Waals surface area contributed by atoms with Crippen LogP contribution < -0.4 is 5.32 Å². The number of rotatable bonds is 2. The highest BCUT2D eigenvalue weighted by Crippen LogP contribution is 2.32. The average Bonchev–Trinajstić information content (AvgIpc) is 2.99. The first kappa shape index (κ1) is 16.4. The summed E-state index contributed by atoms with van der Waals surface area (Å²) in [5.41, 5.74) is 3.41. The Hall–Kier alpha value is -2.79. The molecule has 5 rings (SSSR count). The van der Waals surface area contributed by atoms with E-state index in [1.165, 1.54) is 0 Å². The maximum absolute atomic E-state index is 13.7. The van der Waals surface area contributed by atoms with Gasteiger partial charge in [-0.15, -0.1) is 0 Å². The first-order chi connectivity index (χ1) is 13.3. The molecule has 1 amide bonds. The van der Waals surface area contributed by atoms with Crippen molar-refractivity contribution >= 4 is 16.8 Å². The van der Waals surface area contributed by atoms with Crippen LogP contribution in [-0.4, -0.2) is 45.9 Å². The van der Waals surface area contributed by atoms with Crippen LogP contribution in [0.3, 0.4) is 0 Å². The Morgan fingerprint density at radius 3 is 2.74 bits per heavy atom. The highest BCUT2D eigenvalue weighted by Gasteiger charge is 2.38. The zero-order chi connectivity index (χ0) is 18.2. The molecule has 1 aromatic carbocycles. The molecule has 2 bridgehead atoms. The Morgan fingerprint density at radius 1 is 1.04 bits per heavy atom. The maximum atomic E-state index is 13.7. The Labute approximate surface area is 158 Å². The van der Waals surface area contributed by atoms with Gasteiger partial charge in [-0.25, -0.2) is 4.98 Å². The van der Waals surface area contributed by atoms with Crippen LogP contribution in [0.25, 0.3) is 22.2 Å². The number of nitrogens with zero attached hydrogens (tertiary/aromatic N) is 3. The molecule has 0 spiro atoms. The van der Waals surface area contributed by atoms with Gasteiger partial charge in [-0.2, -0.15) is 0 Å². The molecule has 2 aromatic heterocycles. The number of para-hydroxylation sites is 1. The first-order valence-corrected chi connectivity index (χ1v) is 9.65. The van der Waals surface area contributed by atoms with Gasteiger partial charge in [-0.3, -0.25) is 9.78 Å². The molecular weight excluding hydrogens is 336 g/mol. The summed E-state index contributed by atoms with van der Waals surface area (Å²) in [6.07, 6.45) is 6.74. The van der Waals surface area contributed by atoms with Gasteiger partial charge in [0.25, 0.3) is 5.91 Å². The number of nitrogens with one attached hydrogen (secondary N) is 1. The lowest BCUT2D eigenvalue weighted by Crippen LogP contribution is -2.42. The molecule has 0 radical (unpaired) electrons. The molecule has 4 heterocycles. The second kappa shape index (κ2) is 6.74. The summed E-state index contributed by atoms with van der Waals surface area (Å²) in [6, 6.07) is 14.4. The molecule has 2 aliphatic heterocycles. The number of benzene rings is 1. The molecule has 2 aliphatic rings. The van der Waals surface area contributed by atoms with Gasteiger partial charge < -0.3 is 10.2 Å². The molecule has 3 aromatic rings. The molecule has 2 unspecified atom stereocenters. The van der Waals surface area contributed by atoms with E-state index in [9.17, 15) is 4.79 Å². The SMILES string of the molecule is O=C(c1cc(-c2ccncc2)nc2ccccc12)N1C2CCNCC1CC2. The molecule has 2 saturated heterocycles. The molecule has 2 fully saturated rings. The number of aromatic nitrogens is 2. The van der Waals surface area contributed by atoms with Crippen LogP contribution in [0.5, 0.6) is 0 Å². The molecule has 2 atom stereocenters. The third kappa shape index (κ3) is 2.88. The van der Waals surface area contributed by atoms with Crippen LogP contribution in [0, 0.1) is 0 Å². The van der Waals surface area contributed by atoms with E-state index >= 15 is 0 Å². The van der Waals surface area contributed by atoms with Crippen molar-refractivity contribution < 1.29 is 4.79 Å². The van der Waals surface area contributed by atoms with Crippen LogP contribution in [-0.2, 0) is 0 Å². The number of amides is 1. The number of hydrogen-bond acceptors (Lipinski definition) is 4. The predicted molar refractivity (Wildman–Crippen MR) is 105 cm³/mol. The van der Waals surface area contributed by atoms with E-state index in [0.29, 0.717) is 12.1 Å². The number of hydrogen-bond donors (Lipinski definition) is 1. The molecule has 27 heavy (non-hydrogen) atoms. The van der Waals surface area contributed by atoms with Crippen molar-refractivity contribution in [2.24, 2.45) is 0 Å². The van der Waals surface area contributed by atoms with Crippen LogP contribution in [0.15, 0.2) is 54.9 Å². The Balaban J connectivity index is 1.64. The van der Waals surface area contributed by atoms with Gasteiger partial charge in [0.1, 0.15) is 0 Å². The van der Waals surface area contributed by atoms with E-state index in [1.54, 1.807) is 12.4 Å². The van der Waals surface area contributed by atoms with E-state index in [-0.39, 0.29) is 5.91 Å². The Bertz CT molecular complexity index is 974. The van der Waals surface area contributed by atoms with E-state index in [4.69, 9.17) is 4.98 Å². The van der Waals surface area contributed by atoms with Crippen molar-refractivity contribution in [2.45, 2.75) is 31.3 Å². The van der Waals surface area contributed by atoms with Crippen molar-refractivity contribution in [1.29, 1.82) is 0 Å². The Morgan fingerprint density at radius 2 is 1.85 bits per heavy atom. The lowest BCUT2D eigenvalue weighted by atomic mass is 10.0. The van der Waals surface area contributed by atoms with E-state index in [2.05, 4.69) is 15.2 Å². The zero-order valence-electron chi connectivity index (χ0n) is 15.1. The predicted octanol–water partition coefficient (Wildman–Crippen LogP) is 3.26. The van der Waals surface area contributed by atoms with Gasteiger partial charge in [0, 0.05) is 42.0 Å². The van der Waals surface area contributed by atoms with Crippen molar-refractivity contribution in [3.63, 3.8) is 0 Å². The molecular formula is C22H22N4O. The minimum Gasteiger partial charge on any atom is -0.331 e. The fourth-order valence-corrected chi connectivity index (χ4v) is 4.48. The zero-order valence-corrected chi connectivity index (χ0v) is 15.1. The van der Waals surface area contributed by atoms with Gasteiger partial charge in [-0.1, -0.05) is 18.2 Å². The quantitative estimate of drug-likeness (QED) is 0.764. The largest absolute Gasteiger partial charge is 0.331 e. The summed E-state index contributed by atoms with van der Waals surface area (Å²) in [4.78, 5) is 24.7. The minimum atomic E-state index is 0.139. The fourth-order valence-electron chi connectivity index (χ4n) is 4.48. The standard InChI is InChI=1S/C22H22N4O/c27-22(26-16-5-6-17(26)14-24-12-9-16)19-13-21(15-7-10-23-11-8-15)25-20-4-2-1-3-18(19)20/h1-4,7-8,10-11,13,16-17,24H,5-6,9,12,14H2. The summed E-state index contributed by atoms with van der Waals surface area (Å²) < 4.78 is 0. The highest BCUT2D eigenvalue weighted by molar-refractivity contribution is 6.07. The van der Waals surface area contributed by atoms with Gasteiger partial charge in [0.15, 0.2) is 0 Å². The molecule has 1 N–H and O–H groups in total. The lowest BCUT2D eigenvalue weighted by Gasteiger charge is -2.28. The van der Waals surface area contributed by atoms with Crippen molar-refractivity contribution in [1.82, 2.24) is 20.2 Å². The fraction of sp³-hybridized carbons (Fsp3) is 0.318. The third-order valence-corrected chi connectivity index (χ3v) is 5.81. The molecule has 136 valence electrons. The van der Waals surface area contributed by atoms with E-state index in [1.807, 2.05) is 42.5 Å². The maximum Gasteiger partial charge on any atom is 0.255 e. The number of pyridine rings is 2. The van der Waals surface area contributed by atoms with Crippen LogP contribution in [0.1, 0.15) is 29.6 Å². The summed E-state index contributed by atoms with van der Waals surface area (Å²) in [7, 11) is 0. The summed E-state index contributed by atoms with van der Waals surface area (Å²) in [5, 5.41) is 4.40. The van der Waals surface area contributed by atoms with Crippen LogP contribution in [0.2, 0.25) is 0 Å². The first-order valence-electron chi connectivity index (χ1n) is 9.65. The number of carbonyl (C=O) groups excluding carboxylic acids is 1. The highest BCUT2D eigenvalue weighted by atomic mass is 16.2. The van der Waals surface area contributed by atoms with Crippen LogP contribution in [0.4, 0.5) is 0 Å². The second-order valence-electron chi connectivity index (χ2n) is 7.40. The van der Waals surface area contributed by atoms with Crippen molar-refractivity contribution in [3.8, 4) is 11.3 Å². The van der Waals surface area contributed by atoms with Crippen molar-refractivity contribution in [2.75, 3.05) is 13.1 Å². The molecule has 5 heteroatoms. The Kier molecular flexibility index (Phi) is 4.09. The van der Waals surface area contributed by atoms with Crippen molar-refractivity contribution in [3.05, 3.63) is 60.4 Å². The molecule has 0 saturated carbocycles. The van der Waals surface area contributed by atoms with Crippen LogP contribution >= 0.6 is 0 Å². The van der Waals surface area contributed by atoms with Gasteiger partial charge in [0.05, 0.1) is 16.8 Å². The third-order valence-electron chi connectivity index (χ3n) is 5.81. The number of fused-ring (bicyclic) bond motifs is 3. The number of carbonyl (C=O) groups is 1. The normalized spacial score (nSPS) is 22.0. The smallest absolute Gasteiger partial charge is 0.255 e. The van der Waals surface area contributed by atoms with E-state index < -0.39 is 0 Å². The summed E-state index contributed by atoms with van der Waals surface area (Å²) in [5.74, 6) is 0.139.